The van der Waals surface area contributed by atoms with Crippen LogP contribution in [-0.2, 0) is 4.79 Å². The van der Waals surface area contributed by atoms with Crippen LogP contribution in [0, 0.1) is 5.92 Å². The summed E-state index contributed by atoms with van der Waals surface area (Å²) in [6.45, 7) is 2.14. The van der Waals surface area contributed by atoms with Gasteiger partial charge in [0.05, 0.1) is 0 Å². The number of nitrogens with zero attached hydrogens (tertiary/aromatic N) is 1. The molecule has 5 heteroatoms. The molecule has 2 heterocycles. The van der Waals surface area contributed by atoms with Gasteiger partial charge in [-0.2, -0.15) is 0 Å². The minimum atomic E-state index is 0.00957. The summed E-state index contributed by atoms with van der Waals surface area (Å²) in [5.41, 5.74) is 0. The number of halogens is 1. The Morgan fingerprint density at radius 1 is 1.56 bits per heavy atom. The van der Waals surface area contributed by atoms with E-state index in [1.807, 2.05) is 0 Å². The summed E-state index contributed by atoms with van der Waals surface area (Å²) < 4.78 is 0. The van der Waals surface area contributed by atoms with Crippen LogP contribution in [0.4, 0.5) is 5.82 Å². The Morgan fingerprint density at radius 2 is 2.44 bits per heavy atom. The van der Waals surface area contributed by atoms with E-state index in [1.165, 1.54) is 12.8 Å². The molecule has 1 saturated heterocycles. The Balaban J connectivity index is 1.74. The van der Waals surface area contributed by atoms with Crippen molar-refractivity contribution in [1.29, 1.82) is 0 Å². The average molecular weight is 268 g/mol. The minimum absolute atomic E-state index is 0.00957. The molecular weight excluding hydrogens is 250 g/mol. The van der Waals surface area contributed by atoms with Crippen molar-refractivity contribution >= 4 is 23.3 Å². The molecule has 1 unspecified atom stereocenters. The van der Waals surface area contributed by atoms with Crippen LogP contribution in [0.3, 0.4) is 0 Å². The van der Waals surface area contributed by atoms with E-state index in [1.54, 1.807) is 18.2 Å². The number of aromatic nitrogens is 1. The van der Waals surface area contributed by atoms with E-state index in [-0.39, 0.29) is 5.91 Å². The predicted molar refractivity (Wildman–Crippen MR) is 72.7 cm³/mol. The van der Waals surface area contributed by atoms with Crippen molar-refractivity contribution in [2.75, 3.05) is 18.4 Å². The van der Waals surface area contributed by atoms with Crippen molar-refractivity contribution in [3.8, 4) is 0 Å². The molecule has 4 nitrogen and oxygen atoms in total. The summed E-state index contributed by atoms with van der Waals surface area (Å²) in [5, 5.41) is 6.51. The van der Waals surface area contributed by atoms with Crippen molar-refractivity contribution in [3.63, 3.8) is 0 Å². The third-order valence-corrected chi connectivity index (χ3v) is 3.37. The highest BCUT2D eigenvalue weighted by Gasteiger charge is 2.14. The highest BCUT2D eigenvalue weighted by molar-refractivity contribution is 6.29. The zero-order valence-corrected chi connectivity index (χ0v) is 11.0. The van der Waals surface area contributed by atoms with E-state index in [0.717, 1.165) is 19.5 Å². The van der Waals surface area contributed by atoms with Crippen LogP contribution in [0.1, 0.15) is 25.7 Å². The van der Waals surface area contributed by atoms with Gasteiger partial charge in [0.2, 0.25) is 5.91 Å². The molecule has 0 spiro atoms. The Kier molecular flexibility index (Phi) is 4.96. The molecule has 0 radical (unpaired) electrons. The molecule has 0 saturated carbocycles. The van der Waals surface area contributed by atoms with Gasteiger partial charge < -0.3 is 10.6 Å². The maximum atomic E-state index is 11.8. The van der Waals surface area contributed by atoms with Crippen LogP contribution in [0.25, 0.3) is 0 Å². The zero-order valence-electron chi connectivity index (χ0n) is 10.3. The van der Waals surface area contributed by atoms with Crippen molar-refractivity contribution in [1.82, 2.24) is 10.3 Å². The fourth-order valence-corrected chi connectivity index (χ4v) is 2.35. The van der Waals surface area contributed by atoms with Crippen molar-refractivity contribution in [3.05, 3.63) is 23.4 Å². The van der Waals surface area contributed by atoms with Gasteiger partial charge in [-0.3, -0.25) is 4.79 Å². The number of carbonyl (C=O) groups is 1. The lowest BCUT2D eigenvalue weighted by molar-refractivity contribution is -0.116. The molecule has 1 amide bonds. The van der Waals surface area contributed by atoms with Crippen LogP contribution in [0.5, 0.6) is 0 Å². The van der Waals surface area contributed by atoms with Crippen LogP contribution in [-0.4, -0.2) is 24.0 Å². The molecule has 1 aliphatic heterocycles. The maximum absolute atomic E-state index is 11.8. The molecule has 18 heavy (non-hydrogen) atoms. The monoisotopic (exact) mass is 267 g/mol. The Labute approximate surface area is 112 Å². The smallest absolute Gasteiger partial charge is 0.225 e. The Bertz CT molecular complexity index is 405. The summed E-state index contributed by atoms with van der Waals surface area (Å²) in [4.78, 5) is 15.8. The summed E-state index contributed by atoms with van der Waals surface area (Å²) in [7, 11) is 0. The number of pyridine rings is 1. The van der Waals surface area contributed by atoms with Gasteiger partial charge in [-0.15, -0.1) is 0 Å². The lowest BCUT2D eigenvalue weighted by atomic mass is 9.94. The Morgan fingerprint density at radius 3 is 3.17 bits per heavy atom. The number of amides is 1. The van der Waals surface area contributed by atoms with Crippen molar-refractivity contribution in [2.45, 2.75) is 25.7 Å². The van der Waals surface area contributed by atoms with Crippen LogP contribution in [0.15, 0.2) is 18.2 Å². The van der Waals surface area contributed by atoms with Crippen LogP contribution >= 0.6 is 11.6 Å². The van der Waals surface area contributed by atoms with E-state index >= 15 is 0 Å². The second-order valence-electron chi connectivity index (χ2n) is 4.64. The van der Waals surface area contributed by atoms with Gasteiger partial charge in [-0.25, -0.2) is 4.98 Å². The van der Waals surface area contributed by atoms with Gasteiger partial charge in [-0.05, 0) is 50.4 Å². The molecule has 0 bridgehead atoms. The molecular formula is C13H18ClN3O. The quantitative estimate of drug-likeness (QED) is 0.824. The average Bonchev–Trinajstić information content (AvgIpc) is 2.38. The molecule has 1 aliphatic rings. The lowest BCUT2D eigenvalue weighted by Gasteiger charge is -2.22. The molecule has 1 aromatic rings. The first-order valence-corrected chi connectivity index (χ1v) is 6.75. The highest BCUT2D eigenvalue weighted by Crippen LogP contribution is 2.16. The van der Waals surface area contributed by atoms with Crippen LogP contribution in [0.2, 0.25) is 5.15 Å². The van der Waals surface area contributed by atoms with Gasteiger partial charge in [0.25, 0.3) is 0 Å². The van der Waals surface area contributed by atoms with E-state index in [9.17, 15) is 4.79 Å². The van der Waals surface area contributed by atoms with Gasteiger partial charge in [0.1, 0.15) is 11.0 Å². The molecule has 98 valence electrons. The van der Waals surface area contributed by atoms with Crippen molar-refractivity contribution in [2.24, 2.45) is 5.92 Å². The molecule has 1 aromatic heterocycles. The normalized spacial score (nSPS) is 19.5. The Hall–Kier alpha value is -1.13. The summed E-state index contributed by atoms with van der Waals surface area (Å²) in [6.07, 6.45) is 3.90. The highest BCUT2D eigenvalue weighted by atomic mass is 35.5. The number of anilines is 1. The maximum Gasteiger partial charge on any atom is 0.225 e. The molecule has 2 N–H and O–H groups in total. The molecule has 1 fully saturated rings. The van der Waals surface area contributed by atoms with E-state index < -0.39 is 0 Å². The predicted octanol–water partition coefficient (Wildman–Crippen LogP) is 2.45. The van der Waals surface area contributed by atoms with Crippen molar-refractivity contribution < 1.29 is 4.79 Å². The fraction of sp³-hybridized carbons (Fsp3) is 0.538. The lowest BCUT2D eigenvalue weighted by Crippen LogP contribution is -2.30. The number of nitrogens with one attached hydrogen (secondary N) is 2. The number of hydrogen-bond donors (Lipinski definition) is 2. The third kappa shape index (κ3) is 4.27. The SMILES string of the molecule is O=C(CCC1CCCNC1)Nc1cccc(Cl)n1. The summed E-state index contributed by atoms with van der Waals surface area (Å²) >= 11 is 5.76. The van der Waals surface area contributed by atoms with E-state index in [2.05, 4.69) is 15.6 Å². The molecule has 2 rings (SSSR count). The topological polar surface area (TPSA) is 54.0 Å². The van der Waals surface area contributed by atoms with E-state index in [0.29, 0.717) is 23.3 Å². The first kappa shape index (κ1) is 13.3. The number of carbonyl (C=O) groups excluding carboxylic acids is 1. The largest absolute Gasteiger partial charge is 0.316 e. The molecule has 1 atom stereocenters. The number of piperidine rings is 1. The minimum Gasteiger partial charge on any atom is -0.316 e. The number of hydrogen-bond acceptors (Lipinski definition) is 3. The first-order chi connectivity index (χ1) is 8.74. The zero-order chi connectivity index (χ0) is 12.8. The van der Waals surface area contributed by atoms with Gasteiger partial charge in [0, 0.05) is 6.42 Å². The van der Waals surface area contributed by atoms with Gasteiger partial charge in [-0.1, -0.05) is 17.7 Å². The summed E-state index contributed by atoms with van der Waals surface area (Å²) in [6, 6.07) is 5.20. The number of rotatable bonds is 4. The van der Waals surface area contributed by atoms with Gasteiger partial charge in [0.15, 0.2) is 0 Å². The molecule has 0 aromatic carbocycles. The van der Waals surface area contributed by atoms with E-state index in [4.69, 9.17) is 11.6 Å². The first-order valence-electron chi connectivity index (χ1n) is 6.37. The third-order valence-electron chi connectivity index (χ3n) is 3.16. The standard InChI is InChI=1S/C13H18ClN3O/c14-11-4-1-5-12(16-11)17-13(18)7-6-10-3-2-8-15-9-10/h1,4-5,10,15H,2-3,6-9H2,(H,16,17,18). The van der Waals surface area contributed by atoms with Gasteiger partial charge >= 0.3 is 0 Å². The van der Waals surface area contributed by atoms with Crippen LogP contribution < -0.4 is 10.6 Å². The second-order valence-corrected chi connectivity index (χ2v) is 5.03. The fourth-order valence-electron chi connectivity index (χ4n) is 2.19. The summed E-state index contributed by atoms with van der Waals surface area (Å²) in [5.74, 6) is 1.15. The molecule has 0 aliphatic carbocycles. The second kappa shape index (κ2) is 6.71.